The molecule has 0 bridgehead atoms. The summed E-state index contributed by atoms with van der Waals surface area (Å²) in [6.07, 6.45) is 8.30. The second-order valence-electron chi connectivity index (χ2n) is 6.61. The molecule has 1 rings (SSSR count). The van der Waals surface area contributed by atoms with Gasteiger partial charge in [-0.1, -0.05) is 66.6 Å². The van der Waals surface area contributed by atoms with Crippen molar-refractivity contribution < 1.29 is 9.53 Å². The number of halogens is 2. The van der Waals surface area contributed by atoms with E-state index in [1.165, 1.54) is 5.57 Å². The third kappa shape index (κ3) is 7.22. The standard InChI is InChI=1S/C21H26Cl2O2S/c1-6-8-9-10-15(3)14-26-18-12-17(22)11-16(19(18)23)13-25-20(24)21(4,5)7-2/h6,8-12H,1,7,13-14H2,2-5H3/b9-8-,15-10+. The Morgan fingerprint density at radius 2 is 2.00 bits per heavy atom. The summed E-state index contributed by atoms with van der Waals surface area (Å²) in [7, 11) is 0. The van der Waals surface area contributed by atoms with Crippen LogP contribution in [0.1, 0.15) is 39.7 Å². The molecule has 142 valence electrons. The molecular formula is C21H26Cl2O2S. The number of carbonyl (C=O) groups excluding carboxylic acids is 1. The van der Waals surface area contributed by atoms with Gasteiger partial charge in [-0.25, -0.2) is 0 Å². The number of rotatable bonds is 9. The zero-order valence-corrected chi connectivity index (χ0v) is 18.1. The minimum absolute atomic E-state index is 0.117. The fourth-order valence-electron chi connectivity index (χ4n) is 1.85. The minimum atomic E-state index is -0.510. The van der Waals surface area contributed by atoms with Crippen molar-refractivity contribution in [2.24, 2.45) is 5.41 Å². The van der Waals surface area contributed by atoms with Gasteiger partial charge in [-0.05, 0) is 39.3 Å². The van der Waals surface area contributed by atoms with E-state index in [0.29, 0.717) is 16.5 Å². The lowest BCUT2D eigenvalue weighted by atomic mass is 9.91. The van der Waals surface area contributed by atoms with Gasteiger partial charge in [0, 0.05) is 21.2 Å². The maximum Gasteiger partial charge on any atom is 0.311 e. The molecule has 0 unspecified atom stereocenters. The molecule has 1 aromatic carbocycles. The normalized spacial score (nSPS) is 12.5. The molecule has 0 spiro atoms. The van der Waals surface area contributed by atoms with Crippen molar-refractivity contribution in [2.75, 3.05) is 5.75 Å². The Hall–Kier alpha value is -1.16. The Bertz CT molecular complexity index is 706. The molecule has 0 fully saturated rings. The predicted molar refractivity (Wildman–Crippen MR) is 114 cm³/mol. The van der Waals surface area contributed by atoms with Crippen LogP contribution in [0.3, 0.4) is 0 Å². The molecule has 0 saturated heterocycles. The van der Waals surface area contributed by atoms with Crippen molar-refractivity contribution in [3.05, 3.63) is 64.2 Å². The summed E-state index contributed by atoms with van der Waals surface area (Å²) in [4.78, 5) is 13.0. The lowest BCUT2D eigenvalue weighted by Crippen LogP contribution is -2.25. The molecule has 2 nitrogen and oxygen atoms in total. The highest BCUT2D eigenvalue weighted by Crippen LogP contribution is 2.35. The van der Waals surface area contributed by atoms with Crippen LogP contribution in [0.15, 0.2) is 53.5 Å². The number of benzene rings is 1. The van der Waals surface area contributed by atoms with Crippen LogP contribution < -0.4 is 0 Å². The van der Waals surface area contributed by atoms with Crippen molar-refractivity contribution in [1.82, 2.24) is 0 Å². The SMILES string of the molecule is C=C/C=C\C=C(/C)CSc1cc(Cl)cc(COC(=O)C(C)(C)CC)c1Cl. The van der Waals surface area contributed by atoms with E-state index in [0.717, 1.165) is 16.2 Å². The monoisotopic (exact) mass is 412 g/mol. The van der Waals surface area contributed by atoms with Crippen molar-refractivity contribution >= 4 is 40.9 Å². The van der Waals surface area contributed by atoms with Crippen molar-refractivity contribution in [3.8, 4) is 0 Å². The second-order valence-corrected chi connectivity index (χ2v) is 8.44. The van der Waals surface area contributed by atoms with Gasteiger partial charge in [0.1, 0.15) is 6.61 Å². The van der Waals surface area contributed by atoms with E-state index >= 15 is 0 Å². The van der Waals surface area contributed by atoms with Crippen molar-refractivity contribution in [2.45, 2.75) is 45.6 Å². The molecule has 0 saturated carbocycles. The Morgan fingerprint density at radius 1 is 1.31 bits per heavy atom. The van der Waals surface area contributed by atoms with Crippen molar-refractivity contribution in [1.29, 1.82) is 0 Å². The molecule has 0 atom stereocenters. The summed E-state index contributed by atoms with van der Waals surface area (Å²) < 4.78 is 5.44. The van der Waals surface area contributed by atoms with E-state index in [1.54, 1.807) is 23.9 Å². The Kier molecular flexibility index (Phi) is 9.56. The maximum atomic E-state index is 12.2. The maximum absolute atomic E-state index is 12.2. The fraction of sp³-hybridized carbons (Fsp3) is 0.381. The molecule has 0 aliphatic rings. The molecular weight excluding hydrogens is 387 g/mol. The van der Waals surface area contributed by atoms with Gasteiger partial charge < -0.3 is 4.74 Å². The molecule has 1 aromatic rings. The first-order valence-electron chi connectivity index (χ1n) is 8.44. The summed E-state index contributed by atoms with van der Waals surface area (Å²) in [6.45, 7) is 11.5. The van der Waals surface area contributed by atoms with E-state index in [9.17, 15) is 4.79 Å². The minimum Gasteiger partial charge on any atom is -0.460 e. The van der Waals surface area contributed by atoms with Gasteiger partial charge in [0.15, 0.2) is 0 Å². The summed E-state index contributed by atoms with van der Waals surface area (Å²) in [6, 6.07) is 3.58. The number of hydrogen-bond donors (Lipinski definition) is 0. The molecule has 26 heavy (non-hydrogen) atoms. The van der Waals surface area contributed by atoms with Gasteiger partial charge >= 0.3 is 5.97 Å². The lowest BCUT2D eigenvalue weighted by molar-refractivity contribution is -0.155. The first kappa shape index (κ1) is 22.9. The van der Waals surface area contributed by atoms with E-state index in [-0.39, 0.29) is 12.6 Å². The van der Waals surface area contributed by atoms with E-state index in [2.05, 4.69) is 13.5 Å². The number of carbonyl (C=O) groups is 1. The number of esters is 1. The number of thioether (sulfide) groups is 1. The largest absolute Gasteiger partial charge is 0.460 e. The summed E-state index contributed by atoms with van der Waals surface area (Å²) in [5, 5.41) is 1.15. The number of hydrogen-bond acceptors (Lipinski definition) is 3. The first-order valence-corrected chi connectivity index (χ1v) is 10.2. The van der Waals surface area contributed by atoms with Gasteiger partial charge in [-0.3, -0.25) is 4.79 Å². The zero-order chi connectivity index (χ0) is 19.7. The molecule has 0 N–H and O–H groups in total. The third-order valence-electron chi connectivity index (χ3n) is 3.96. The molecule has 0 amide bonds. The topological polar surface area (TPSA) is 26.3 Å². The molecule has 0 aliphatic heterocycles. The number of allylic oxidation sites excluding steroid dienone is 4. The van der Waals surface area contributed by atoms with Crippen LogP contribution in [-0.2, 0) is 16.1 Å². The first-order chi connectivity index (χ1) is 12.2. The Balaban J connectivity index is 2.85. The van der Waals surface area contributed by atoms with Gasteiger partial charge in [0.05, 0.1) is 10.4 Å². The summed E-state index contributed by atoms with van der Waals surface area (Å²) >= 11 is 14.3. The van der Waals surface area contributed by atoms with Crippen LogP contribution in [-0.4, -0.2) is 11.7 Å². The highest BCUT2D eigenvalue weighted by atomic mass is 35.5. The average Bonchev–Trinajstić information content (AvgIpc) is 2.60. The molecule has 0 radical (unpaired) electrons. The Labute approximate surface area is 171 Å². The molecule has 0 aromatic heterocycles. The quantitative estimate of drug-likeness (QED) is 0.242. The highest BCUT2D eigenvalue weighted by Gasteiger charge is 2.27. The molecule has 0 heterocycles. The van der Waals surface area contributed by atoms with Crippen LogP contribution in [0.25, 0.3) is 0 Å². The summed E-state index contributed by atoms with van der Waals surface area (Å²) in [5.74, 6) is 0.543. The highest BCUT2D eigenvalue weighted by molar-refractivity contribution is 7.99. The van der Waals surface area contributed by atoms with Crippen molar-refractivity contribution in [3.63, 3.8) is 0 Å². The average molecular weight is 413 g/mol. The molecule has 0 aliphatic carbocycles. The van der Waals surface area contributed by atoms with Gasteiger partial charge in [0.25, 0.3) is 0 Å². The van der Waals surface area contributed by atoms with E-state index < -0.39 is 5.41 Å². The smallest absolute Gasteiger partial charge is 0.311 e. The lowest BCUT2D eigenvalue weighted by Gasteiger charge is -2.20. The van der Waals surface area contributed by atoms with Gasteiger partial charge in [-0.15, -0.1) is 11.8 Å². The van der Waals surface area contributed by atoms with Crippen LogP contribution in [0.2, 0.25) is 10.0 Å². The zero-order valence-electron chi connectivity index (χ0n) is 15.8. The van der Waals surface area contributed by atoms with Crippen LogP contribution >= 0.6 is 35.0 Å². The predicted octanol–water partition coefficient (Wildman–Crippen LogP) is 7.25. The van der Waals surface area contributed by atoms with E-state index in [4.69, 9.17) is 27.9 Å². The fourth-order valence-corrected chi connectivity index (χ4v) is 3.43. The van der Waals surface area contributed by atoms with E-state index in [1.807, 2.05) is 45.1 Å². The number of ether oxygens (including phenoxy) is 1. The third-order valence-corrected chi connectivity index (χ3v) is 5.97. The summed E-state index contributed by atoms with van der Waals surface area (Å²) in [5.41, 5.74) is 1.40. The molecule has 5 heteroatoms. The van der Waals surface area contributed by atoms with Gasteiger partial charge in [-0.2, -0.15) is 0 Å². The Morgan fingerprint density at radius 3 is 2.62 bits per heavy atom. The van der Waals surface area contributed by atoms with Crippen LogP contribution in [0.4, 0.5) is 0 Å². The second kappa shape index (κ2) is 10.9. The van der Waals surface area contributed by atoms with Crippen LogP contribution in [0.5, 0.6) is 0 Å². The van der Waals surface area contributed by atoms with Crippen LogP contribution in [0, 0.1) is 5.41 Å². The van der Waals surface area contributed by atoms with Gasteiger partial charge in [0.2, 0.25) is 0 Å².